The van der Waals surface area contributed by atoms with Crippen LogP contribution in [-0.4, -0.2) is 25.8 Å². The minimum Gasteiger partial charge on any atom is -0.478 e. The van der Waals surface area contributed by atoms with Crippen molar-refractivity contribution in [2.45, 2.75) is 19.8 Å². The number of aromatic nitrogens is 3. The summed E-state index contributed by atoms with van der Waals surface area (Å²) < 4.78 is 16.9. The molecule has 5 nitrogen and oxygen atoms in total. The number of aromatic carboxylic acids is 1. The minimum absolute atomic E-state index is 0.0811. The summed E-state index contributed by atoms with van der Waals surface area (Å²) in [5.41, 5.74) is 5.27. The van der Waals surface area contributed by atoms with Crippen LogP contribution in [0.2, 0.25) is 0 Å². The smallest absolute Gasteiger partial charge is 0.335 e. The Balaban J connectivity index is 1.93. The summed E-state index contributed by atoms with van der Waals surface area (Å²) in [5, 5.41) is 18.3. The molecule has 5 rings (SSSR count). The molecule has 2 heterocycles. The van der Waals surface area contributed by atoms with E-state index in [9.17, 15) is 14.3 Å². The van der Waals surface area contributed by atoms with Gasteiger partial charge in [0.25, 0.3) is 0 Å². The molecule has 0 radical (unpaired) electrons. The number of carboxylic acid groups (broad SMARTS) is 1. The number of hydrogen-bond acceptors (Lipinski definition) is 2. The van der Waals surface area contributed by atoms with Gasteiger partial charge in [-0.3, -0.25) is 5.10 Å². The highest BCUT2D eigenvalue weighted by molar-refractivity contribution is 6.06. The molecule has 5 aromatic rings. The van der Waals surface area contributed by atoms with Gasteiger partial charge in [-0.15, -0.1) is 0 Å². The Labute approximate surface area is 177 Å². The summed E-state index contributed by atoms with van der Waals surface area (Å²) in [4.78, 5) is 11.3. The molecular formula is C25H20FN3O2. The van der Waals surface area contributed by atoms with Crippen LogP contribution in [0.15, 0.2) is 66.9 Å². The van der Waals surface area contributed by atoms with Crippen molar-refractivity contribution >= 4 is 27.8 Å². The minimum atomic E-state index is -0.969. The summed E-state index contributed by atoms with van der Waals surface area (Å²) in [7, 11) is 0. The van der Waals surface area contributed by atoms with E-state index in [1.807, 2.05) is 34.9 Å². The summed E-state index contributed by atoms with van der Waals surface area (Å²) in [5.74, 6) is -1.19. The number of carboxylic acids is 1. The number of fused-ring (bicyclic) bond motifs is 2. The fourth-order valence-electron chi connectivity index (χ4n) is 4.27. The highest BCUT2D eigenvalue weighted by Crippen LogP contribution is 2.42. The third-order valence-corrected chi connectivity index (χ3v) is 5.62. The summed E-state index contributed by atoms with van der Waals surface area (Å²) in [6, 6.07) is 17.6. The molecule has 31 heavy (non-hydrogen) atoms. The van der Waals surface area contributed by atoms with E-state index >= 15 is 0 Å². The standard InChI is InChI=1S/C25H20FN3O2/c1-14(2)24-23(15-7-9-16(10-8-15)25(30)31)18-12-20-17(13-27-28-20)11-22(18)29(24)21-6-4-3-5-19(21)26/h3-14H,1-2H3,(H,27,28)(H,30,31). The second kappa shape index (κ2) is 7.09. The molecule has 0 fully saturated rings. The lowest BCUT2D eigenvalue weighted by atomic mass is 9.96. The SMILES string of the molecule is CC(C)c1c(-c2ccc(C(=O)O)cc2)c2cc3[nH]ncc3cc2n1-c1ccccc1F. The lowest BCUT2D eigenvalue weighted by molar-refractivity contribution is 0.0697. The van der Waals surface area contributed by atoms with Gasteiger partial charge in [0.1, 0.15) is 5.82 Å². The summed E-state index contributed by atoms with van der Waals surface area (Å²) in [6.07, 6.45) is 1.75. The number of H-pyrrole nitrogens is 1. The second-order valence-corrected chi connectivity index (χ2v) is 7.91. The predicted molar refractivity (Wildman–Crippen MR) is 119 cm³/mol. The van der Waals surface area contributed by atoms with Gasteiger partial charge in [0.2, 0.25) is 0 Å². The largest absolute Gasteiger partial charge is 0.478 e. The van der Waals surface area contributed by atoms with E-state index in [0.717, 1.165) is 38.6 Å². The van der Waals surface area contributed by atoms with E-state index in [4.69, 9.17) is 0 Å². The Morgan fingerprint density at radius 3 is 2.52 bits per heavy atom. The molecule has 0 aliphatic heterocycles. The molecule has 0 saturated heterocycles. The van der Waals surface area contributed by atoms with Gasteiger partial charge in [0.15, 0.2) is 0 Å². The van der Waals surface area contributed by atoms with Crippen molar-refractivity contribution in [1.82, 2.24) is 14.8 Å². The molecule has 0 aliphatic rings. The lowest BCUT2D eigenvalue weighted by Gasteiger charge is -2.16. The van der Waals surface area contributed by atoms with Crippen molar-refractivity contribution in [3.8, 4) is 16.8 Å². The van der Waals surface area contributed by atoms with Crippen LogP contribution < -0.4 is 0 Å². The van der Waals surface area contributed by atoms with Crippen molar-refractivity contribution in [1.29, 1.82) is 0 Å². The van der Waals surface area contributed by atoms with Gasteiger partial charge in [0.05, 0.1) is 28.5 Å². The monoisotopic (exact) mass is 413 g/mol. The summed E-state index contributed by atoms with van der Waals surface area (Å²) in [6.45, 7) is 4.15. The fraction of sp³-hybridized carbons (Fsp3) is 0.120. The van der Waals surface area contributed by atoms with Crippen LogP contribution in [0, 0.1) is 5.82 Å². The number of rotatable bonds is 4. The van der Waals surface area contributed by atoms with Crippen molar-refractivity contribution in [3.63, 3.8) is 0 Å². The average molecular weight is 413 g/mol. The van der Waals surface area contributed by atoms with Crippen molar-refractivity contribution in [2.75, 3.05) is 0 Å². The number of nitrogens with one attached hydrogen (secondary N) is 1. The maximum Gasteiger partial charge on any atom is 0.335 e. The van der Waals surface area contributed by atoms with Gasteiger partial charge >= 0.3 is 5.97 Å². The Morgan fingerprint density at radius 2 is 1.84 bits per heavy atom. The normalized spacial score (nSPS) is 11.6. The zero-order valence-corrected chi connectivity index (χ0v) is 17.1. The van der Waals surface area contributed by atoms with Crippen LogP contribution in [0.4, 0.5) is 4.39 Å². The number of halogens is 1. The van der Waals surface area contributed by atoms with Crippen LogP contribution in [0.5, 0.6) is 0 Å². The van der Waals surface area contributed by atoms with Crippen molar-refractivity contribution < 1.29 is 14.3 Å². The zero-order chi connectivity index (χ0) is 21.7. The molecule has 0 atom stereocenters. The molecule has 0 saturated carbocycles. The quantitative estimate of drug-likeness (QED) is 0.372. The van der Waals surface area contributed by atoms with Gasteiger partial charge in [-0.25, -0.2) is 9.18 Å². The molecule has 6 heteroatoms. The van der Waals surface area contributed by atoms with E-state index in [2.05, 4.69) is 24.0 Å². The van der Waals surface area contributed by atoms with E-state index in [1.165, 1.54) is 6.07 Å². The lowest BCUT2D eigenvalue weighted by Crippen LogP contribution is -2.05. The van der Waals surface area contributed by atoms with E-state index in [1.54, 1.807) is 30.5 Å². The molecule has 2 N–H and O–H groups in total. The second-order valence-electron chi connectivity index (χ2n) is 7.91. The van der Waals surface area contributed by atoms with Crippen LogP contribution in [-0.2, 0) is 0 Å². The first-order valence-electron chi connectivity index (χ1n) is 10.1. The molecule has 0 spiro atoms. The van der Waals surface area contributed by atoms with Crippen molar-refractivity contribution in [3.05, 3.63) is 83.9 Å². The van der Waals surface area contributed by atoms with E-state index in [-0.39, 0.29) is 17.3 Å². The van der Waals surface area contributed by atoms with Crippen LogP contribution >= 0.6 is 0 Å². The predicted octanol–water partition coefficient (Wildman–Crippen LogP) is 6.13. The Hall–Kier alpha value is -3.93. The van der Waals surface area contributed by atoms with Crippen LogP contribution in [0.1, 0.15) is 35.8 Å². The van der Waals surface area contributed by atoms with Crippen LogP contribution in [0.3, 0.4) is 0 Å². The van der Waals surface area contributed by atoms with Gasteiger partial charge in [0, 0.05) is 22.0 Å². The number of carbonyl (C=O) groups is 1. The Morgan fingerprint density at radius 1 is 1.10 bits per heavy atom. The first kappa shape index (κ1) is 19.1. The van der Waals surface area contributed by atoms with Gasteiger partial charge in [-0.2, -0.15) is 5.10 Å². The molecule has 0 bridgehead atoms. The number of benzene rings is 3. The Bertz CT molecular complexity index is 1450. The molecule has 154 valence electrons. The Kier molecular flexibility index (Phi) is 4.36. The van der Waals surface area contributed by atoms with E-state index < -0.39 is 5.97 Å². The van der Waals surface area contributed by atoms with Gasteiger partial charge in [-0.1, -0.05) is 38.1 Å². The van der Waals surface area contributed by atoms with Crippen molar-refractivity contribution in [2.24, 2.45) is 0 Å². The van der Waals surface area contributed by atoms with E-state index in [0.29, 0.717) is 5.69 Å². The maximum absolute atomic E-state index is 14.9. The first-order chi connectivity index (χ1) is 15.0. The third-order valence-electron chi connectivity index (χ3n) is 5.62. The third kappa shape index (κ3) is 2.99. The first-order valence-corrected chi connectivity index (χ1v) is 10.1. The molecule has 0 unspecified atom stereocenters. The van der Waals surface area contributed by atoms with Gasteiger partial charge < -0.3 is 9.67 Å². The number of para-hydroxylation sites is 1. The maximum atomic E-state index is 14.9. The van der Waals surface area contributed by atoms with Crippen LogP contribution in [0.25, 0.3) is 38.6 Å². The molecular weight excluding hydrogens is 393 g/mol. The molecule has 0 amide bonds. The molecule has 3 aromatic carbocycles. The topological polar surface area (TPSA) is 70.9 Å². The highest BCUT2D eigenvalue weighted by atomic mass is 19.1. The fourth-order valence-corrected chi connectivity index (χ4v) is 4.27. The number of hydrogen-bond donors (Lipinski definition) is 2. The molecule has 2 aromatic heterocycles. The number of aromatic amines is 1. The summed E-state index contributed by atoms with van der Waals surface area (Å²) >= 11 is 0. The zero-order valence-electron chi connectivity index (χ0n) is 17.1. The average Bonchev–Trinajstić information content (AvgIpc) is 3.34. The number of nitrogens with zero attached hydrogens (tertiary/aromatic N) is 2. The highest BCUT2D eigenvalue weighted by Gasteiger charge is 2.24. The van der Waals surface area contributed by atoms with Gasteiger partial charge in [-0.05, 0) is 47.9 Å². The molecule has 0 aliphatic carbocycles.